The van der Waals surface area contributed by atoms with E-state index in [1.165, 1.54) is 11.8 Å². The first kappa shape index (κ1) is 19.5. The molecule has 3 rings (SSSR count). The molecule has 0 aliphatic carbocycles. The fraction of sp³-hybridized carbons (Fsp3) is 0.200. The van der Waals surface area contributed by atoms with Crippen molar-refractivity contribution in [2.75, 3.05) is 24.3 Å². The number of nitrogens with zero attached hydrogens (tertiary/aromatic N) is 4. The van der Waals surface area contributed by atoms with Gasteiger partial charge in [0.2, 0.25) is 11.1 Å². The molecule has 1 heterocycles. The van der Waals surface area contributed by atoms with Gasteiger partial charge in [-0.2, -0.15) is 5.26 Å². The molecule has 0 atom stereocenters. The van der Waals surface area contributed by atoms with E-state index in [9.17, 15) is 4.79 Å². The van der Waals surface area contributed by atoms with Gasteiger partial charge in [0.1, 0.15) is 5.75 Å². The molecule has 0 bridgehead atoms. The number of nitrogens with one attached hydrogen (secondary N) is 1. The van der Waals surface area contributed by atoms with Gasteiger partial charge in [-0.05, 0) is 36.4 Å². The number of carbonyl (C=O) groups is 1. The minimum absolute atomic E-state index is 0.0951. The molecule has 1 aromatic heterocycles. The standard InChI is InChI=1S/C20H19N5O2S/c1-27-17-10-8-15(9-11-17)19-22-20(24-23-19)28-14-18(26)25(13-5-12-21)16-6-3-2-4-7-16/h2-4,6-11H,5,13-14H2,1H3,(H,22,23,24). The molecule has 2 aromatic carbocycles. The lowest BCUT2D eigenvalue weighted by Crippen LogP contribution is -2.33. The number of aromatic amines is 1. The van der Waals surface area contributed by atoms with Gasteiger partial charge in [-0.25, -0.2) is 4.98 Å². The molecule has 0 spiro atoms. The van der Waals surface area contributed by atoms with Crippen LogP contribution in [-0.4, -0.2) is 40.5 Å². The Balaban J connectivity index is 1.64. The first-order valence-electron chi connectivity index (χ1n) is 8.63. The van der Waals surface area contributed by atoms with E-state index in [4.69, 9.17) is 10.00 Å². The molecule has 3 aromatic rings. The lowest BCUT2D eigenvalue weighted by Gasteiger charge is -2.21. The average molecular weight is 393 g/mol. The minimum Gasteiger partial charge on any atom is -0.497 e. The van der Waals surface area contributed by atoms with Crippen molar-refractivity contribution >= 4 is 23.4 Å². The number of nitriles is 1. The van der Waals surface area contributed by atoms with E-state index in [1.807, 2.05) is 54.6 Å². The predicted octanol–water partition coefficient (Wildman–Crippen LogP) is 3.52. The number of anilines is 1. The molecule has 0 fully saturated rings. The molecule has 0 saturated heterocycles. The van der Waals surface area contributed by atoms with Gasteiger partial charge in [0.05, 0.1) is 25.4 Å². The summed E-state index contributed by atoms with van der Waals surface area (Å²) in [6.07, 6.45) is 0.271. The molecule has 7 nitrogen and oxygen atoms in total. The van der Waals surface area contributed by atoms with Gasteiger partial charge >= 0.3 is 0 Å². The number of methoxy groups -OCH3 is 1. The molecule has 0 aliphatic rings. The fourth-order valence-corrected chi connectivity index (χ4v) is 3.24. The van der Waals surface area contributed by atoms with Crippen LogP contribution < -0.4 is 9.64 Å². The van der Waals surface area contributed by atoms with E-state index in [0.29, 0.717) is 17.5 Å². The maximum atomic E-state index is 12.7. The molecular weight excluding hydrogens is 374 g/mol. The highest BCUT2D eigenvalue weighted by atomic mass is 32.2. The van der Waals surface area contributed by atoms with Gasteiger partial charge < -0.3 is 9.64 Å². The van der Waals surface area contributed by atoms with E-state index < -0.39 is 0 Å². The smallest absolute Gasteiger partial charge is 0.237 e. The lowest BCUT2D eigenvalue weighted by molar-refractivity contribution is -0.116. The largest absolute Gasteiger partial charge is 0.497 e. The molecule has 8 heteroatoms. The Morgan fingerprint density at radius 2 is 1.96 bits per heavy atom. The Morgan fingerprint density at radius 3 is 2.64 bits per heavy atom. The number of para-hydroxylation sites is 1. The maximum absolute atomic E-state index is 12.7. The van der Waals surface area contributed by atoms with Crippen LogP contribution in [0.25, 0.3) is 11.4 Å². The number of aromatic nitrogens is 3. The molecule has 0 unspecified atom stereocenters. The second-order valence-electron chi connectivity index (χ2n) is 5.77. The van der Waals surface area contributed by atoms with Crippen LogP contribution in [0.2, 0.25) is 0 Å². The summed E-state index contributed by atoms with van der Waals surface area (Å²) in [4.78, 5) is 18.7. The van der Waals surface area contributed by atoms with E-state index in [1.54, 1.807) is 12.0 Å². The second-order valence-corrected chi connectivity index (χ2v) is 6.72. The number of benzene rings is 2. The van der Waals surface area contributed by atoms with E-state index in [-0.39, 0.29) is 18.1 Å². The third-order valence-corrected chi connectivity index (χ3v) is 4.80. The molecule has 142 valence electrons. The Labute approximate surface area is 167 Å². The number of carbonyl (C=O) groups excluding carboxylic acids is 1. The van der Waals surface area contributed by atoms with Crippen molar-refractivity contribution in [3.63, 3.8) is 0 Å². The van der Waals surface area contributed by atoms with Gasteiger partial charge in [-0.3, -0.25) is 9.89 Å². The van der Waals surface area contributed by atoms with Crippen molar-refractivity contribution in [3.8, 4) is 23.2 Å². The van der Waals surface area contributed by atoms with E-state index in [2.05, 4.69) is 21.3 Å². The van der Waals surface area contributed by atoms with Crippen molar-refractivity contribution < 1.29 is 9.53 Å². The Hall–Kier alpha value is -3.31. The average Bonchev–Trinajstić information content (AvgIpc) is 3.22. The van der Waals surface area contributed by atoms with Gasteiger partial charge in [-0.1, -0.05) is 30.0 Å². The number of thioether (sulfide) groups is 1. The van der Waals surface area contributed by atoms with Gasteiger partial charge in [0.25, 0.3) is 0 Å². The Bertz CT molecular complexity index is 951. The summed E-state index contributed by atoms with van der Waals surface area (Å²) >= 11 is 1.26. The lowest BCUT2D eigenvalue weighted by atomic mass is 10.2. The summed E-state index contributed by atoms with van der Waals surface area (Å²) < 4.78 is 5.15. The minimum atomic E-state index is -0.0951. The predicted molar refractivity (Wildman–Crippen MR) is 108 cm³/mol. The Morgan fingerprint density at radius 1 is 1.21 bits per heavy atom. The van der Waals surface area contributed by atoms with E-state index >= 15 is 0 Å². The molecule has 28 heavy (non-hydrogen) atoms. The van der Waals surface area contributed by atoms with Crippen molar-refractivity contribution in [1.82, 2.24) is 15.2 Å². The maximum Gasteiger partial charge on any atom is 0.237 e. The molecule has 0 radical (unpaired) electrons. The highest BCUT2D eigenvalue weighted by Crippen LogP contribution is 2.23. The topological polar surface area (TPSA) is 94.9 Å². The quantitative estimate of drug-likeness (QED) is 0.589. The number of rotatable bonds is 8. The Kier molecular flexibility index (Phi) is 6.65. The zero-order chi connectivity index (χ0) is 19.8. The number of H-pyrrole nitrogens is 1. The van der Waals surface area contributed by atoms with Crippen LogP contribution in [-0.2, 0) is 4.79 Å². The summed E-state index contributed by atoms with van der Waals surface area (Å²) in [6.45, 7) is 0.352. The highest BCUT2D eigenvalue weighted by molar-refractivity contribution is 7.99. The monoisotopic (exact) mass is 393 g/mol. The zero-order valence-corrected chi connectivity index (χ0v) is 16.1. The van der Waals surface area contributed by atoms with Crippen LogP contribution >= 0.6 is 11.8 Å². The van der Waals surface area contributed by atoms with Gasteiger partial charge in [0, 0.05) is 17.8 Å². The summed E-state index contributed by atoms with van der Waals surface area (Å²) in [7, 11) is 1.62. The van der Waals surface area contributed by atoms with Gasteiger partial charge in [-0.15, -0.1) is 5.10 Å². The van der Waals surface area contributed by atoms with Crippen LogP contribution in [0.15, 0.2) is 59.8 Å². The van der Waals surface area contributed by atoms with Crippen molar-refractivity contribution in [2.24, 2.45) is 0 Å². The summed E-state index contributed by atoms with van der Waals surface area (Å²) in [5.41, 5.74) is 1.66. The first-order chi connectivity index (χ1) is 13.7. The molecule has 1 amide bonds. The van der Waals surface area contributed by atoms with Crippen LogP contribution in [0.3, 0.4) is 0 Å². The van der Waals surface area contributed by atoms with Crippen LogP contribution in [0.4, 0.5) is 5.69 Å². The van der Waals surface area contributed by atoms with Crippen LogP contribution in [0.5, 0.6) is 5.75 Å². The van der Waals surface area contributed by atoms with Crippen molar-refractivity contribution in [3.05, 3.63) is 54.6 Å². The molecule has 0 saturated carbocycles. The van der Waals surface area contributed by atoms with Crippen molar-refractivity contribution in [1.29, 1.82) is 5.26 Å². The zero-order valence-electron chi connectivity index (χ0n) is 15.3. The normalized spacial score (nSPS) is 10.3. The summed E-state index contributed by atoms with van der Waals surface area (Å²) in [6, 6.07) is 18.9. The fourth-order valence-electron chi connectivity index (χ4n) is 2.56. The van der Waals surface area contributed by atoms with Gasteiger partial charge in [0.15, 0.2) is 5.82 Å². The summed E-state index contributed by atoms with van der Waals surface area (Å²) in [5, 5.41) is 16.4. The first-order valence-corrected chi connectivity index (χ1v) is 9.62. The van der Waals surface area contributed by atoms with Crippen molar-refractivity contribution in [2.45, 2.75) is 11.6 Å². The van der Waals surface area contributed by atoms with Crippen LogP contribution in [0, 0.1) is 11.3 Å². The second kappa shape index (κ2) is 9.58. The SMILES string of the molecule is COc1ccc(-c2nc(SCC(=O)N(CCC#N)c3ccccc3)n[nH]2)cc1. The van der Waals surface area contributed by atoms with Crippen LogP contribution in [0.1, 0.15) is 6.42 Å². The molecular formula is C20H19N5O2S. The third-order valence-electron chi connectivity index (χ3n) is 3.97. The number of hydrogen-bond acceptors (Lipinski definition) is 6. The molecule has 0 aliphatic heterocycles. The van der Waals surface area contributed by atoms with E-state index in [0.717, 1.165) is 17.0 Å². The third kappa shape index (κ3) is 4.90. The summed E-state index contributed by atoms with van der Waals surface area (Å²) in [5.74, 6) is 1.48. The number of ether oxygens (including phenoxy) is 1. The number of hydrogen-bond donors (Lipinski definition) is 1. The molecule has 1 N–H and O–H groups in total. The number of amides is 1. The highest BCUT2D eigenvalue weighted by Gasteiger charge is 2.17.